The molecule has 2 rings (SSSR count). The first-order valence-corrected chi connectivity index (χ1v) is 8.14. The number of nitrogens with one attached hydrogen (secondary N) is 2. The molecule has 0 aliphatic heterocycles. The van der Waals surface area contributed by atoms with E-state index in [0.717, 1.165) is 31.4 Å². The van der Waals surface area contributed by atoms with Crippen molar-refractivity contribution in [1.29, 1.82) is 5.26 Å². The topological polar surface area (TPSA) is 86.0 Å². The molecule has 6 nitrogen and oxygen atoms in total. The van der Waals surface area contributed by atoms with Crippen LogP contribution in [0.3, 0.4) is 0 Å². The van der Waals surface area contributed by atoms with E-state index in [1.54, 1.807) is 18.6 Å². The normalized spacial score (nSPS) is 10.9. The van der Waals surface area contributed by atoms with E-state index in [4.69, 9.17) is 5.26 Å². The van der Waals surface area contributed by atoms with E-state index >= 15 is 0 Å². The monoisotopic (exact) mass is 322 g/mol. The molecule has 6 heteroatoms. The fourth-order valence-corrected chi connectivity index (χ4v) is 2.27. The van der Waals surface area contributed by atoms with Gasteiger partial charge in [-0.1, -0.05) is 18.9 Å². The largest absolute Gasteiger partial charge is 0.325 e. The number of hydrogen-bond acceptors (Lipinski definition) is 4. The third kappa shape index (κ3) is 6.88. The highest BCUT2D eigenvalue weighted by Crippen LogP contribution is 2.07. The average molecular weight is 322 g/mol. The van der Waals surface area contributed by atoms with E-state index in [0.29, 0.717) is 12.5 Å². The molecule has 0 aliphatic rings. The molecular formula is C18H22N6. The number of guanidine groups is 1. The third-order valence-electron chi connectivity index (χ3n) is 3.48. The molecule has 2 N–H and O–H groups in total. The van der Waals surface area contributed by atoms with Gasteiger partial charge in [0.2, 0.25) is 5.96 Å². The first-order valence-electron chi connectivity index (χ1n) is 8.14. The second-order valence-electron chi connectivity index (χ2n) is 5.35. The van der Waals surface area contributed by atoms with Gasteiger partial charge in [-0.05, 0) is 43.0 Å². The van der Waals surface area contributed by atoms with Crippen molar-refractivity contribution in [3.05, 3.63) is 54.6 Å². The third-order valence-corrected chi connectivity index (χ3v) is 3.48. The van der Waals surface area contributed by atoms with Crippen LogP contribution in [-0.2, 0) is 6.42 Å². The zero-order valence-corrected chi connectivity index (χ0v) is 13.7. The minimum absolute atomic E-state index is 0.471. The lowest BCUT2D eigenvalue weighted by Gasteiger charge is -2.07. The smallest absolute Gasteiger partial charge is 0.209 e. The first kappa shape index (κ1) is 17.4. The number of hydrogen-bond donors (Lipinski definition) is 2. The van der Waals surface area contributed by atoms with Gasteiger partial charge < -0.3 is 5.32 Å². The van der Waals surface area contributed by atoms with Gasteiger partial charge in [0, 0.05) is 37.0 Å². The number of aryl methyl sites for hydroxylation is 1. The lowest BCUT2D eigenvalue weighted by Crippen LogP contribution is -2.27. The Balaban J connectivity index is 1.64. The fraction of sp³-hybridized carbons (Fsp3) is 0.333. The molecule has 2 aromatic heterocycles. The maximum absolute atomic E-state index is 8.80. The molecule has 2 heterocycles. The highest BCUT2D eigenvalue weighted by molar-refractivity contribution is 5.94. The standard InChI is InChI=1S/C18H22N6/c19-15-23-18(24-17-8-12-20-13-9-17)22-11-4-2-1-3-6-16-7-5-10-21-14-16/h5,7-10,12-14H,1-4,6,11H2,(H2,20,22,23,24). The van der Waals surface area contributed by atoms with Crippen LogP contribution in [-0.4, -0.2) is 22.5 Å². The Morgan fingerprint density at radius 2 is 1.88 bits per heavy atom. The van der Waals surface area contributed by atoms with Crippen LogP contribution in [0.4, 0.5) is 5.69 Å². The minimum Gasteiger partial charge on any atom is -0.325 e. The molecule has 0 radical (unpaired) electrons. The van der Waals surface area contributed by atoms with Crippen LogP contribution >= 0.6 is 0 Å². The zero-order chi connectivity index (χ0) is 16.9. The number of anilines is 1. The van der Waals surface area contributed by atoms with Crippen LogP contribution in [0.2, 0.25) is 0 Å². The van der Waals surface area contributed by atoms with E-state index in [1.165, 1.54) is 12.0 Å². The Hall–Kier alpha value is -2.94. The average Bonchev–Trinajstić information content (AvgIpc) is 2.63. The number of aliphatic imine (C=N–C) groups is 1. The summed E-state index contributed by atoms with van der Waals surface area (Å²) < 4.78 is 0. The van der Waals surface area contributed by atoms with Gasteiger partial charge in [-0.15, -0.1) is 0 Å². The summed E-state index contributed by atoms with van der Waals surface area (Å²) in [6.45, 7) is 0.689. The Morgan fingerprint density at radius 3 is 2.62 bits per heavy atom. The predicted molar refractivity (Wildman–Crippen MR) is 95.3 cm³/mol. The predicted octanol–water partition coefficient (Wildman–Crippen LogP) is 3.12. The lowest BCUT2D eigenvalue weighted by molar-refractivity contribution is 0.646. The van der Waals surface area contributed by atoms with Gasteiger partial charge in [-0.2, -0.15) is 5.26 Å². The molecule has 124 valence electrons. The summed E-state index contributed by atoms with van der Waals surface area (Å²) in [5, 5.41) is 14.4. The van der Waals surface area contributed by atoms with Crippen LogP contribution < -0.4 is 10.6 Å². The molecule has 0 saturated heterocycles. The summed E-state index contributed by atoms with van der Waals surface area (Å²) in [6.07, 6.45) is 14.5. The number of nitrogens with zero attached hydrogens (tertiary/aromatic N) is 4. The van der Waals surface area contributed by atoms with Crippen LogP contribution in [0, 0.1) is 11.5 Å². The van der Waals surface area contributed by atoms with E-state index in [1.807, 2.05) is 30.6 Å². The number of unbranched alkanes of at least 4 members (excludes halogenated alkanes) is 3. The first-order chi connectivity index (χ1) is 11.9. The second-order valence-corrected chi connectivity index (χ2v) is 5.35. The van der Waals surface area contributed by atoms with E-state index in [2.05, 4.69) is 31.7 Å². The highest BCUT2D eigenvalue weighted by Gasteiger charge is 1.99. The van der Waals surface area contributed by atoms with Crippen molar-refractivity contribution in [2.45, 2.75) is 32.1 Å². The van der Waals surface area contributed by atoms with E-state index in [-0.39, 0.29) is 0 Å². The summed E-state index contributed by atoms with van der Waals surface area (Å²) in [5.74, 6) is 0.471. The van der Waals surface area contributed by atoms with Gasteiger partial charge in [-0.3, -0.25) is 20.3 Å². The van der Waals surface area contributed by atoms with Crippen LogP contribution in [0.5, 0.6) is 0 Å². The molecular weight excluding hydrogens is 300 g/mol. The second kappa shape index (κ2) is 10.7. The molecule has 0 unspecified atom stereocenters. The Morgan fingerprint density at radius 1 is 1.04 bits per heavy atom. The summed E-state index contributed by atoms with van der Waals surface area (Å²) in [6, 6.07) is 7.74. The fourth-order valence-electron chi connectivity index (χ4n) is 2.27. The molecule has 0 saturated carbocycles. The van der Waals surface area contributed by atoms with Gasteiger partial charge in [0.15, 0.2) is 6.19 Å². The Kier molecular flexibility index (Phi) is 7.79. The highest BCUT2D eigenvalue weighted by atomic mass is 15.2. The van der Waals surface area contributed by atoms with Gasteiger partial charge in [0.25, 0.3) is 0 Å². The van der Waals surface area contributed by atoms with Gasteiger partial charge in [0.1, 0.15) is 0 Å². The van der Waals surface area contributed by atoms with Crippen molar-refractivity contribution in [3.8, 4) is 6.19 Å². The van der Waals surface area contributed by atoms with Crippen molar-refractivity contribution >= 4 is 11.6 Å². The van der Waals surface area contributed by atoms with Crippen molar-refractivity contribution in [3.63, 3.8) is 0 Å². The van der Waals surface area contributed by atoms with Crippen molar-refractivity contribution in [2.24, 2.45) is 4.99 Å². The number of aromatic nitrogens is 2. The Bertz CT molecular complexity index is 648. The summed E-state index contributed by atoms with van der Waals surface area (Å²) in [4.78, 5) is 12.5. The van der Waals surface area contributed by atoms with Crippen molar-refractivity contribution in [2.75, 3.05) is 11.9 Å². The molecule has 0 spiro atoms. The summed E-state index contributed by atoms with van der Waals surface area (Å²) in [5.41, 5.74) is 2.14. The lowest BCUT2D eigenvalue weighted by atomic mass is 10.1. The molecule has 0 atom stereocenters. The van der Waals surface area contributed by atoms with Crippen LogP contribution in [0.15, 0.2) is 54.0 Å². The number of rotatable bonds is 8. The minimum atomic E-state index is 0.471. The molecule has 0 bridgehead atoms. The number of nitriles is 1. The molecule has 0 aromatic carbocycles. The number of pyridine rings is 2. The van der Waals surface area contributed by atoms with Crippen molar-refractivity contribution < 1.29 is 0 Å². The molecule has 0 amide bonds. The summed E-state index contributed by atoms with van der Waals surface area (Å²) in [7, 11) is 0. The molecule has 2 aromatic rings. The SMILES string of the molecule is N#CNC(=NCCCCCCc1cccnc1)Nc1ccncc1. The zero-order valence-electron chi connectivity index (χ0n) is 13.7. The molecule has 0 aliphatic carbocycles. The maximum Gasteiger partial charge on any atom is 0.209 e. The van der Waals surface area contributed by atoms with Crippen molar-refractivity contribution in [1.82, 2.24) is 15.3 Å². The van der Waals surface area contributed by atoms with Gasteiger partial charge >= 0.3 is 0 Å². The summed E-state index contributed by atoms with van der Waals surface area (Å²) >= 11 is 0. The maximum atomic E-state index is 8.80. The molecule has 0 fully saturated rings. The van der Waals surface area contributed by atoms with E-state index < -0.39 is 0 Å². The van der Waals surface area contributed by atoms with Crippen LogP contribution in [0.1, 0.15) is 31.2 Å². The van der Waals surface area contributed by atoms with Crippen LogP contribution in [0.25, 0.3) is 0 Å². The van der Waals surface area contributed by atoms with E-state index in [9.17, 15) is 0 Å². The quantitative estimate of drug-likeness (QED) is 0.256. The van der Waals surface area contributed by atoms with Gasteiger partial charge in [-0.25, -0.2) is 0 Å². The van der Waals surface area contributed by atoms with Gasteiger partial charge in [0.05, 0.1) is 0 Å². The molecule has 24 heavy (non-hydrogen) atoms. The Labute approximate surface area is 142 Å².